The van der Waals surface area contributed by atoms with Crippen molar-refractivity contribution in [2.45, 2.75) is 50.5 Å². The molecule has 0 unspecified atom stereocenters. The van der Waals surface area contributed by atoms with Crippen LogP contribution in [0.4, 0.5) is 17.5 Å². The Balaban J connectivity index is 1.35. The predicted octanol–water partition coefficient (Wildman–Crippen LogP) is 2.80. The van der Waals surface area contributed by atoms with Crippen molar-refractivity contribution in [1.29, 1.82) is 5.26 Å². The van der Waals surface area contributed by atoms with Gasteiger partial charge >= 0.3 is 0 Å². The number of carbonyl (C=O) groups excluding carboxylic acids is 2. The van der Waals surface area contributed by atoms with Gasteiger partial charge in [0.05, 0.1) is 11.5 Å². The van der Waals surface area contributed by atoms with Gasteiger partial charge in [-0.1, -0.05) is 12.1 Å². The molecule has 5 rings (SSSR count). The van der Waals surface area contributed by atoms with Crippen LogP contribution in [0.25, 0.3) is 0 Å². The van der Waals surface area contributed by atoms with E-state index in [1.165, 1.54) is 0 Å². The van der Waals surface area contributed by atoms with E-state index >= 15 is 0 Å². The Morgan fingerprint density at radius 3 is 2.56 bits per heavy atom. The second-order valence-corrected chi connectivity index (χ2v) is 9.59. The highest BCUT2D eigenvalue weighted by Crippen LogP contribution is 2.53. The number of nitriles is 1. The number of rotatable bonds is 6. The summed E-state index contributed by atoms with van der Waals surface area (Å²) < 4.78 is 5.42. The average Bonchev–Trinajstić information content (AvgIpc) is 3.66. The lowest BCUT2D eigenvalue weighted by molar-refractivity contribution is -0.127. The summed E-state index contributed by atoms with van der Waals surface area (Å²) in [5.41, 5.74) is 5.73. The lowest BCUT2D eigenvalue weighted by atomic mass is 9.73. The van der Waals surface area contributed by atoms with Crippen molar-refractivity contribution in [1.82, 2.24) is 9.97 Å². The number of hydrogen-bond acceptors (Lipinski definition) is 7. The first kappa shape index (κ1) is 22.3. The molecule has 3 aliphatic rings. The van der Waals surface area contributed by atoms with Gasteiger partial charge in [0, 0.05) is 31.1 Å². The van der Waals surface area contributed by atoms with Gasteiger partial charge < -0.3 is 15.8 Å². The average molecular weight is 461 g/mol. The lowest BCUT2D eigenvalue weighted by Gasteiger charge is -2.34. The number of primary amides is 1. The van der Waals surface area contributed by atoms with Crippen molar-refractivity contribution in [3.05, 3.63) is 42.1 Å². The van der Waals surface area contributed by atoms with Crippen molar-refractivity contribution < 1.29 is 14.3 Å². The van der Waals surface area contributed by atoms with Crippen molar-refractivity contribution in [3.63, 3.8) is 0 Å². The highest BCUT2D eigenvalue weighted by atomic mass is 16.5. The van der Waals surface area contributed by atoms with E-state index in [4.69, 9.17) is 10.5 Å². The molecule has 1 aliphatic carbocycles. The maximum Gasteiger partial charge on any atom is 0.249 e. The fourth-order valence-corrected chi connectivity index (χ4v) is 5.43. The minimum Gasteiger partial charge on any atom is -0.381 e. The van der Waals surface area contributed by atoms with E-state index in [2.05, 4.69) is 21.4 Å². The van der Waals surface area contributed by atoms with Crippen LogP contribution in [0.2, 0.25) is 0 Å². The molecule has 1 saturated carbocycles. The van der Waals surface area contributed by atoms with E-state index in [1.54, 1.807) is 17.2 Å². The van der Waals surface area contributed by atoms with Crippen molar-refractivity contribution >= 4 is 29.3 Å². The first-order valence-corrected chi connectivity index (χ1v) is 11.7. The molecule has 2 saturated heterocycles. The van der Waals surface area contributed by atoms with Gasteiger partial charge in [-0.3, -0.25) is 14.5 Å². The monoisotopic (exact) mass is 460 g/mol. The van der Waals surface area contributed by atoms with Gasteiger partial charge in [-0.15, -0.1) is 0 Å². The highest BCUT2D eigenvalue weighted by Gasteiger charge is 2.59. The molecule has 3 N–H and O–H groups in total. The fraction of sp³-hybridized carbons (Fsp3) is 0.480. The van der Waals surface area contributed by atoms with E-state index in [0.717, 1.165) is 24.1 Å². The van der Waals surface area contributed by atoms with Crippen molar-refractivity contribution in [2.24, 2.45) is 17.1 Å². The number of hydrogen-bond donors (Lipinski definition) is 2. The Morgan fingerprint density at radius 2 is 1.94 bits per heavy atom. The molecule has 34 heavy (non-hydrogen) atoms. The summed E-state index contributed by atoms with van der Waals surface area (Å²) in [5, 5.41) is 13.0. The molecule has 3 fully saturated rings. The standard InChI is InChI=1S/C25H28N6O3/c1-16-14-25(15-26,18-2-3-18)22(33)31(16)20-8-11-28-23(30-20)29-19-6-4-17(5-7-19)24(21(27)32)9-12-34-13-10-24/h4-8,11,16,18H,2-3,9-10,12-14H2,1H3,(H2,27,32)(H,28,29,30)/t16-,25-/m1/s1. The molecule has 9 nitrogen and oxygen atoms in total. The van der Waals surface area contributed by atoms with E-state index in [0.29, 0.717) is 44.2 Å². The van der Waals surface area contributed by atoms with Gasteiger partial charge in [0.15, 0.2) is 0 Å². The van der Waals surface area contributed by atoms with Gasteiger partial charge in [0.25, 0.3) is 0 Å². The molecule has 1 aromatic heterocycles. The number of amides is 2. The Bertz CT molecular complexity index is 1150. The van der Waals surface area contributed by atoms with Gasteiger partial charge in [-0.05, 0) is 68.7 Å². The first-order chi connectivity index (χ1) is 16.4. The third-order valence-corrected chi connectivity index (χ3v) is 7.53. The SMILES string of the molecule is C[C@@H]1C[C@@](C#N)(C2CC2)C(=O)N1c1ccnc(Nc2ccc(C3(C(N)=O)CCOCC3)cc2)n1. The molecule has 0 radical (unpaired) electrons. The number of aromatic nitrogens is 2. The van der Waals surface area contributed by atoms with Crippen LogP contribution in [-0.2, 0) is 19.7 Å². The van der Waals surface area contributed by atoms with Crippen molar-refractivity contribution in [3.8, 4) is 6.07 Å². The van der Waals surface area contributed by atoms with Gasteiger partial charge in [-0.2, -0.15) is 10.2 Å². The minimum atomic E-state index is -0.936. The largest absolute Gasteiger partial charge is 0.381 e. The van der Waals surface area contributed by atoms with E-state index in [-0.39, 0.29) is 23.8 Å². The second-order valence-electron chi connectivity index (χ2n) is 9.59. The van der Waals surface area contributed by atoms with Gasteiger partial charge in [0.2, 0.25) is 17.8 Å². The third kappa shape index (κ3) is 3.59. The molecule has 2 aliphatic heterocycles. The van der Waals surface area contributed by atoms with Gasteiger partial charge in [0.1, 0.15) is 11.2 Å². The number of nitrogens with zero attached hydrogens (tertiary/aromatic N) is 4. The molecule has 0 bridgehead atoms. The van der Waals surface area contributed by atoms with Crippen LogP contribution in [0.3, 0.4) is 0 Å². The third-order valence-electron chi connectivity index (χ3n) is 7.53. The van der Waals surface area contributed by atoms with Gasteiger partial charge in [-0.25, -0.2) is 4.98 Å². The molecule has 9 heteroatoms. The zero-order valence-corrected chi connectivity index (χ0v) is 19.2. The smallest absolute Gasteiger partial charge is 0.249 e. The van der Waals surface area contributed by atoms with Crippen LogP contribution in [-0.4, -0.2) is 41.0 Å². The molecule has 2 aromatic rings. The van der Waals surface area contributed by atoms with Crippen LogP contribution in [0.15, 0.2) is 36.5 Å². The normalized spacial score (nSPS) is 26.2. The second kappa shape index (κ2) is 8.37. The quantitative estimate of drug-likeness (QED) is 0.677. The molecule has 0 spiro atoms. The molecule has 2 amide bonds. The van der Waals surface area contributed by atoms with Crippen LogP contribution < -0.4 is 16.0 Å². The summed E-state index contributed by atoms with van der Waals surface area (Å²) in [7, 11) is 0. The molecule has 3 heterocycles. The van der Waals surface area contributed by atoms with Crippen LogP contribution in [0.5, 0.6) is 0 Å². The Morgan fingerprint density at radius 1 is 1.24 bits per heavy atom. The number of nitrogens with one attached hydrogen (secondary N) is 1. The maximum absolute atomic E-state index is 13.3. The summed E-state index contributed by atoms with van der Waals surface area (Å²) in [6.07, 6.45) is 5.11. The molecule has 1 aromatic carbocycles. The van der Waals surface area contributed by atoms with Crippen molar-refractivity contribution in [2.75, 3.05) is 23.4 Å². The molecular formula is C25H28N6O3. The minimum absolute atomic E-state index is 0.112. The van der Waals surface area contributed by atoms with Crippen LogP contribution in [0, 0.1) is 22.7 Å². The number of anilines is 3. The fourth-order valence-electron chi connectivity index (χ4n) is 5.43. The maximum atomic E-state index is 13.3. The predicted molar refractivity (Wildman–Crippen MR) is 125 cm³/mol. The molecular weight excluding hydrogens is 432 g/mol. The first-order valence-electron chi connectivity index (χ1n) is 11.7. The summed E-state index contributed by atoms with van der Waals surface area (Å²) in [6, 6.07) is 11.4. The lowest BCUT2D eigenvalue weighted by Crippen LogP contribution is -2.45. The van der Waals surface area contributed by atoms with Crippen LogP contribution in [0.1, 0.15) is 44.6 Å². The number of nitrogens with two attached hydrogens (primary N) is 1. The van der Waals surface area contributed by atoms with E-state index in [1.807, 2.05) is 31.2 Å². The summed E-state index contributed by atoms with van der Waals surface area (Å²) >= 11 is 0. The highest BCUT2D eigenvalue weighted by molar-refractivity contribution is 6.02. The summed E-state index contributed by atoms with van der Waals surface area (Å²) in [4.78, 5) is 36.0. The number of carbonyl (C=O) groups is 2. The van der Waals surface area contributed by atoms with E-state index in [9.17, 15) is 14.9 Å². The number of benzene rings is 1. The number of ether oxygens (including phenoxy) is 1. The summed E-state index contributed by atoms with van der Waals surface area (Å²) in [5.74, 6) is 0.486. The Hall–Kier alpha value is -3.51. The summed E-state index contributed by atoms with van der Waals surface area (Å²) in [6.45, 7) is 2.97. The molecule has 176 valence electrons. The molecule has 2 atom stereocenters. The zero-order chi connectivity index (χ0) is 23.9. The Labute approximate surface area is 198 Å². The van der Waals surface area contributed by atoms with Crippen LogP contribution >= 0.6 is 0 Å². The topological polar surface area (TPSA) is 134 Å². The Kier molecular flexibility index (Phi) is 5.48. The van der Waals surface area contributed by atoms with E-state index < -0.39 is 10.8 Å². The zero-order valence-electron chi connectivity index (χ0n) is 19.2.